The van der Waals surface area contributed by atoms with E-state index in [0.29, 0.717) is 0 Å². The molecule has 0 aliphatic carbocycles. The summed E-state index contributed by atoms with van der Waals surface area (Å²) in [7, 11) is 1.38. The molecule has 2 rings (SSSR count). The number of rotatable bonds is 3. The number of aryl methyl sites for hydroxylation is 1. The van der Waals surface area contributed by atoms with E-state index in [1.54, 1.807) is 17.5 Å². The van der Waals surface area contributed by atoms with Crippen molar-refractivity contribution in [1.29, 1.82) is 0 Å². The molecule has 0 amide bonds. The first-order valence-corrected chi connectivity index (χ1v) is 6.32. The molecule has 0 saturated carbocycles. The Morgan fingerprint density at radius 3 is 3.00 bits per heavy atom. The predicted octanol–water partition coefficient (Wildman–Crippen LogP) is 2.29. The van der Waals surface area contributed by atoms with E-state index in [0.717, 1.165) is 20.6 Å². The molecule has 0 atom stereocenters. The third-order valence-electron chi connectivity index (χ3n) is 1.94. The van der Waals surface area contributed by atoms with Gasteiger partial charge in [0, 0.05) is 16.5 Å². The molecule has 0 N–H and O–H groups in total. The number of carbonyl (C=O) groups excluding carboxylic acids is 1. The minimum atomic E-state index is -0.246. The fourth-order valence-corrected chi connectivity index (χ4v) is 2.71. The van der Waals surface area contributed by atoms with Crippen LogP contribution in [0, 0.1) is 6.92 Å². The van der Waals surface area contributed by atoms with E-state index in [9.17, 15) is 4.79 Å². The van der Waals surface area contributed by atoms with Gasteiger partial charge in [0.25, 0.3) is 0 Å². The van der Waals surface area contributed by atoms with Gasteiger partial charge < -0.3 is 4.74 Å². The van der Waals surface area contributed by atoms with Crippen molar-refractivity contribution >= 4 is 28.6 Å². The van der Waals surface area contributed by atoms with E-state index in [-0.39, 0.29) is 12.4 Å². The molecule has 0 aromatic carbocycles. The van der Waals surface area contributed by atoms with Crippen LogP contribution in [0.2, 0.25) is 0 Å². The molecule has 0 unspecified atom stereocenters. The number of hydrogen-bond donors (Lipinski definition) is 0. The van der Waals surface area contributed by atoms with Gasteiger partial charge in [0.15, 0.2) is 0 Å². The molecule has 2 aromatic heterocycles. The lowest BCUT2D eigenvalue weighted by atomic mass is 10.4. The maximum Gasteiger partial charge on any atom is 0.310 e. The van der Waals surface area contributed by atoms with Gasteiger partial charge in [0.2, 0.25) is 0 Å². The molecule has 0 fully saturated rings. The molecule has 2 aromatic rings. The van der Waals surface area contributed by atoms with Gasteiger partial charge in [-0.25, -0.2) is 9.97 Å². The summed E-state index contributed by atoms with van der Waals surface area (Å²) in [5.74, 6) is -0.246. The highest BCUT2D eigenvalue weighted by Crippen LogP contribution is 2.26. The zero-order chi connectivity index (χ0) is 11.5. The van der Waals surface area contributed by atoms with Gasteiger partial charge in [-0.3, -0.25) is 4.79 Å². The highest BCUT2D eigenvalue weighted by Gasteiger charge is 2.10. The fourth-order valence-electron chi connectivity index (χ4n) is 1.18. The third-order valence-corrected chi connectivity index (χ3v) is 3.73. The summed E-state index contributed by atoms with van der Waals surface area (Å²) in [6.45, 7) is 1.96. The van der Waals surface area contributed by atoms with Crippen LogP contribution in [0.25, 0.3) is 10.7 Å². The van der Waals surface area contributed by atoms with Gasteiger partial charge in [0.05, 0.1) is 18.5 Å². The summed E-state index contributed by atoms with van der Waals surface area (Å²) in [6, 6.07) is 0. The molecular weight excluding hydrogens is 244 g/mol. The van der Waals surface area contributed by atoms with E-state index < -0.39 is 0 Å². The molecule has 84 valence electrons. The Kier molecular flexibility index (Phi) is 3.31. The van der Waals surface area contributed by atoms with Crippen molar-refractivity contribution in [2.45, 2.75) is 13.3 Å². The average Bonchev–Trinajstić information content (AvgIpc) is 2.87. The fraction of sp³-hybridized carbons (Fsp3) is 0.300. The molecule has 2 heterocycles. The number of nitrogens with zero attached hydrogens (tertiary/aromatic N) is 2. The normalized spacial score (nSPS) is 10.4. The molecule has 4 nitrogen and oxygen atoms in total. The molecular formula is C10H10N2O2S2. The minimum Gasteiger partial charge on any atom is -0.469 e. The Labute approximate surface area is 101 Å². The van der Waals surface area contributed by atoms with Crippen molar-refractivity contribution in [2.75, 3.05) is 7.11 Å². The molecule has 0 aliphatic heterocycles. The maximum absolute atomic E-state index is 11.1. The standard InChI is InChI=1S/C10H10N2O2S2/c1-6-12-8(5-15-6)10-11-4-7(16-10)3-9(13)14-2/h4-5H,3H2,1-2H3. The topological polar surface area (TPSA) is 52.1 Å². The lowest BCUT2D eigenvalue weighted by Gasteiger charge is -1.93. The summed E-state index contributed by atoms with van der Waals surface area (Å²) in [6.07, 6.45) is 1.98. The van der Waals surface area contributed by atoms with Crippen LogP contribution in [-0.2, 0) is 16.0 Å². The van der Waals surface area contributed by atoms with Crippen molar-refractivity contribution in [3.8, 4) is 10.7 Å². The molecule has 6 heteroatoms. The lowest BCUT2D eigenvalue weighted by Crippen LogP contribution is -2.02. The third kappa shape index (κ3) is 2.45. The second-order valence-corrected chi connectivity index (χ2v) is 5.31. The first-order valence-electron chi connectivity index (χ1n) is 4.63. The van der Waals surface area contributed by atoms with Crippen molar-refractivity contribution in [3.63, 3.8) is 0 Å². The number of aromatic nitrogens is 2. The Morgan fingerprint density at radius 1 is 1.56 bits per heavy atom. The second-order valence-electron chi connectivity index (χ2n) is 3.14. The number of esters is 1. The van der Waals surface area contributed by atoms with Crippen LogP contribution in [0.1, 0.15) is 9.88 Å². The Hall–Kier alpha value is -1.27. The van der Waals surface area contributed by atoms with Crippen molar-refractivity contribution in [2.24, 2.45) is 0 Å². The van der Waals surface area contributed by atoms with Gasteiger partial charge in [-0.05, 0) is 6.92 Å². The Morgan fingerprint density at radius 2 is 2.38 bits per heavy atom. The van der Waals surface area contributed by atoms with Crippen LogP contribution < -0.4 is 0 Å². The van der Waals surface area contributed by atoms with E-state index in [1.165, 1.54) is 18.4 Å². The monoisotopic (exact) mass is 254 g/mol. The molecule has 0 aliphatic rings. The smallest absolute Gasteiger partial charge is 0.310 e. The minimum absolute atomic E-state index is 0.246. The summed E-state index contributed by atoms with van der Waals surface area (Å²) < 4.78 is 4.60. The van der Waals surface area contributed by atoms with E-state index in [1.807, 2.05) is 12.3 Å². The Bertz CT molecular complexity index is 504. The van der Waals surface area contributed by atoms with Gasteiger partial charge >= 0.3 is 5.97 Å². The highest BCUT2D eigenvalue weighted by atomic mass is 32.1. The van der Waals surface area contributed by atoms with Crippen LogP contribution in [0.4, 0.5) is 0 Å². The highest BCUT2D eigenvalue weighted by molar-refractivity contribution is 7.15. The van der Waals surface area contributed by atoms with Crippen molar-refractivity contribution in [1.82, 2.24) is 9.97 Å². The van der Waals surface area contributed by atoms with Gasteiger partial charge in [-0.15, -0.1) is 22.7 Å². The summed E-state index contributed by atoms with van der Waals surface area (Å²) >= 11 is 3.07. The first kappa shape index (κ1) is 11.2. The number of hydrogen-bond acceptors (Lipinski definition) is 6. The average molecular weight is 254 g/mol. The van der Waals surface area contributed by atoms with Gasteiger partial charge in [-0.1, -0.05) is 0 Å². The number of ether oxygens (including phenoxy) is 1. The van der Waals surface area contributed by atoms with Crippen LogP contribution in [0.5, 0.6) is 0 Å². The van der Waals surface area contributed by atoms with E-state index in [4.69, 9.17) is 0 Å². The summed E-state index contributed by atoms with van der Waals surface area (Å²) in [5, 5.41) is 3.83. The summed E-state index contributed by atoms with van der Waals surface area (Å²) in [5.41, 5.74) is 0.878. The molecule has 0 saturated heterocycles. The van der Waals surface area contributed by atoms with E-state index >= 15 is 0 Å². The van der Waals surface area contributed by atoms with Crippen LogP contribution in [0.15, 0.2) is 11.6 Å². The number of methoxy groups -OCH3 is 1. The van der Waals surface area contributed by atoms with E-state index in [2.05, 4.69) is 14.7 Å². The predicted molar refractivity (Wildman–Crippen MR) is 63.7 cm³/mol. The molecule has 0 bridgehead atoms. The zero-order valence-electron chi connectivity index (χ0n) is 8.89. The number of carbonyl (C=O) groups is 1. The first-order chi connectivity index (χ1) is 7.69. The zero-order valence-corrected chi connectivity index (χ0v) is 10.5. The second kappa shape index (κ2) is 4.71. The van der Waals surface area contributed by atoms with Crippen molar-refractivity contribution < 1.29 is 9.53 Å². The maximum atomic E-state index is 11.1. The lowest BCUT2D eigenvalue weighted by molar-refractivity contribution is -0.139. The largest absolute Gasteiger partial charge is 0.469 e. The van der Waals surface area contributed by atoms with Crippen LogP contribution in [0.3, 0.4) is 0 Å². The van der Waals surface area contributed by atoms with Crippen molar-refractivity contribution in [3.05, 3.63) is 21.5 Å². The summed E-state index contributed by atoms with van der Waals surface area (Å²) in [4.78, 5) is 20.6. The quantitative estimate of drug-likeness (QED) is 0.789. The Balaban J connectivity index is 2.16. The van der Waals surface area contributed by atoms with Crippen LogP contribution in [-0.4, -0.2) is 23.0 Å². The van der Waals surface area contributed by atoms with Crippen LogP contribution >= 0.6 is 22.7 Å². The molecule has 0 radical (unpaired) electrons. The molecule has 0 spiro atoms. The van der Waals surface area contributed by atoms with Gasteiger partial charge in [-0.2, -0.15) is 0 Å². The van der Waals surface area contributed by atoms with Gasteiger partial charge in [0.1, 0.15) is 10.7 Å². The SMILES string of the molecule is COC(=O)Cc1cnc(-c2csc(C)n2)s1. The number of thiazole rings is 2. The molecule has 16 heavy (non-hydrogen) atoms.